The number of benzene rings is 2. The Labute approximate surface area is 167 Å². The van der Waals surface area contributed by atoms with E-state index in [1.54, 1.807) is 33.5 Å². The first kappa shape index (κ1) is 21.4. The monoisotopic (exact) mass is 383 g/mol. The van der Waals surface area contributed by atoms with E-state index >= 15 is 0 Å². The van der Waals surface area contributed by atoms with Gasteiger partial charge in [0.2, 0.25) is 11.7 Å². The van der Waals surface area contributed by atoms with E-state index in [4.69, 9.17) is 14.2 Å². The van der Waals surface area contributed by atoms with Gasteiger partial charge < -0.3 is 19.5 Å². The molecule has 0 aliphatic rings. The zero-order valence-electron chi connectivity index (χ0n) is 17.4. The minimum absolute atomic E-state index is 0.172. The number of carbonyl (C=O) groups excluding carboxylic acids is 1. The predicted molar refractivity (Wildman–Crippen MR) is 112 cm³/mol. The van der Waals surface area contributed by atoms with Crippen LogP contribution in [0, 0.1) is 0 Å². The summed E-state index contributed by atoms with van der Waals surface area (Å²) in [6, 6.07) is 11.6. The summed E-state index contributed by atoms with van der Waals surface area (Å²) in [4.78, 5) is 12.3. The molecule has 0 saturated heterocycles. The fourth-order valence-corrected chi connectivity index (χ4v) is 2.86. The molecule has 0 aromatic heterocycles. The van der Waals surface area contributed by atoms with Gasteiger partial charge in [0.05, 0.1) is 27.4 Å². The first-order valence-electron chi connectivity index (χ1n) is 9.28. The second-order valence-electron chi connectivity index (χ2n) is 6.84. The molecule has 2 rings (SSSR count). The molecule has 0 aliphatic heterocycles. The van der Waals surface area contributed by atoms with Gasteiger partial charge in [0.25, 0.3) is 0 Å². The maximum absolute atomic E-state index is 12.3. The first-order valence-corrected chi connectivity index (χ1v) is 9.28. The molecular weight excluding hydrogens is 354 g/mol. The lowest BCUT2D eigenvalue weighted by Crippen LogP contribution is -2.24. The van der Waals surface area contributed by atoms with Gasteiger partial charge in [-0.25, -0.2) is 0 Å². The third kappa shape index (κ3) is 5.28. The highest BCUT2D eigenvalue weighted by Gasteiger charge is 2.17. The SMILES string of the molecule is COc1cc(C(C)NC(=O)/C=C/c2ccc(C(C)C)cc2)cc(OC)c1OC. The molecule has 1 unspecified atom stereocenters. The Morgan fingerprint density at radius 2 is 1.46 bits per heavy atom. The van der Waals surface area contributed by atoms with Crippen LogP contribution in [0.15, 0.2) is 42.5 Å². The lowest BCUT2D eigenvalue weighted by atomic mass is 10.0. The van der Waals surface area contributed by atoms with Crippen molar-refractivity contribution >= 4 is 12.0 Å². The Morgan fingerprint density at radius 1 is 0.893 bits per heavy atom. The Bertz CT molecular complexity index is 800. The van der Waals surface area contributed by atoms with Crippen LogP contribution in [0.1, 0.15) is 49.4 Å². The number of methoxy groups -OCH3 is 3. The van der Waals surface area contributed by atoms with Gasteiger partial charge >= 0.3 is 0 Å². The van der Waals surface area contributed by atoms with Crippen molar-refractivity contribution in [3.63, 3.8) is 0 Å². The molecule has 1 atom stereocenters. The summed E-state index contributed by atoms with van der Waals surface area (Å²) in [7, 11) is 4.69. The molecule has 2 aromatic carbocycles. The van der Waals surface area contributed by atoms with Gasteiger partial charge in [-0.2, -0.15) is 0 Å². The van der Waals surface area contributed by atoms with Crippen LogP contribution in [-0.4, -0.2) is 27.2 Å². The van der Waals surface area contributed by atoms with Crippen molar-refractivity contribution in [2.24, 2.45) is 0 Å². The molecule has 0 saturated carbocycles. The van der Waals surface area contributed by atoms with Crippen LogP contribution < -0.4 is 19.5 Å². The Kier molecular flexibility index (Phi) is 7.50. The van der Waals surface area contributed by atoms with E-state index in [0.717, 1.165) is 11.1 Å². The zero-order valence-corrected chi connectivity index (χ0v) is 17.4. The highest BCUT2D eigenvalue weighted by molar-refractivity contribution is 5.92. The largest absolute Gasteiger partial charge is 0.493 e. The second-order valence-corrected chi connectivity index (χ2v) is 6.84. The van der Waals surface area contributed by atoms with Gasteiger partial charge in [-0.3, -0.25) is 4.79 Å². The molecule has 1 N–H and O–H groups in total. The summed E-state index contributed by atoms with van der Waals surface area (Å²) in [6.07, 6.45) is 3.35. The van der Waals surface area contributed by atoms with Gasteiger partial charge in [0.15, 0.2) is 11.5 Å². The van der Waals surface area contributed by atoms with Crippen molar-refractivity contribution in [3.05, 3.63) is 59.2 Å². The average molecular weight is 383 g/mol. The van der Waals surface area contributed by atoms with E-state index < -0.39 is 0 Å². The lowest BCUT2D eigenvalue weighted by Gasteiger charge is -2.18. The Morgan fingerprint density at radius 3 is 1.93 bits per heavy atom. The summed E-state index contributed by atoms with van der Waals surface area (Å²) in [5, 5.41) is 2.96. The molecular formula is C23H29NO4. The van der Waals surface area contributed by atoms with Gasteiger partial charge in [0, 0.05) is 6.08 Å². The number of rotatable bonds is 8. The van der Waals surface area contributed by atoms with Gasteiger partial charge in [-0.15, -0.1) is 0 Å². The third-order valence-corrected chi connectivity index (χ3v) is 4.58. The third-order valence-electron chi connectivity index (χ3n) is 4.58. The molecule has 0 heterocycles. The van der Waals surface area contributed by atoms with Crippen LogP contribution in [0.3, 0.4) is 0 Å². The van der Waals surface area contributed by atoms with Crippen LogP contribution in [0.25, 0.3) is 6.08 Å². The molecule has 0 spiro atoms. The molecule has 0 radical (unpaired) electrons. The smallest absolute Gasteiger partial charge is 0.244 e. The van der Waals surface area contributed by atoms with E-state index in [1.807, 2.05) is 31.2 Å². The zero-order chi connectivity index (χ0) is 20.7. The number of hydrogen-bond acceptors (Lipinski definition) is 4. The minimum atomic E-state index is -0.228. The molecule has 1 amide bonds. The normalized spacial score (nSPS) is 12.1. The van der Waals surface area contributed by atoms with E-state index in [2.05, 4.69) is 31.3 Å². The summed E-state index contributed by atoms with van der Waals surface area (Å²) in [5.74, 6) is 1.95. The lowest BCUT2D eigenvalue weighted by molar-refractivity contribution is -0.117. The standard InChI is InChI=1S/C23H29NO4/c1-15(2)18-10-7-17(8-11-18)9-12-22(25)24-16(3)19-13-20(26-4)23(28-6)21(14-19)27-5/h7-16H,1-6H3,(H,24,25)/b12-9+. The van der Waals surface area contributed by atoms with Crippen molar-refractivity contribution in [1.29, 1.82) is 0 Å². The molecule has 28 heavy (non-hydrogen) atoms. The van der Waals surface area contributed by atoms with Crippen LogP contribution in [0.4, 0.5) is 0 Å². The van der Waals surface area contributed by atoms with Crippen LogP contribution in [0.5, 0.6) is 17.2 Å². The summed E-state index contributed by atoms with van der Waals surface area (Å²) >= 11 is 0. The van der Waals surface area contributed by atoms with E-state index in [9.17, 15) is 4.79 Å². The highest BCUT2D eigenvalue weighted by atomic mass is 16.5. The van der Waals surface area contributed by atoms with Gasteiger partial charge in [0.1, 0.15) is 0 Å². The maximum atomic E-state index is 12.3. The van der Waals surface area contributed by atoms with E-state index in [1.165, 1.54) is 5.56 Å². The number of nitrogens with one attached hydrogen (secondary N) is 1. The Hall–Kier alpha value is -2.95. The van der Waals surface area contributed by atoms with Crippen molar-refractivity contribution in [3.8, 4) is 17.2 Å². The van der Waals surface area contributed by atoms with Crippen LogP contribution >= 0.6 is 0 Å². The van der Waals surface area contributed by atoms with Crippen LogP contribution in [-0.2, 0) is 4.79 Å². The molecule has 0 aliphatic carbocycles. The number of ether oxygens (including phenoxy) is 3. The van der Waals surface area contributed by atoms with Crippen molar-refractivity contribution in [1.82, 2.24) is 5.32 Å². The van der Waals surface area contributed by atoms with E-state index in [-0.39, 0.29) is 11.9 Å². The van der Waals surface area contributed by atoms with Crippen molar-refractivity contribution in [2.75, 3.05) is 21.3 Å². The topological polar surface area (TPSA) is 56.8 Å². The molecule has 2 aromatic rings. The summed E-state index contributed by atoms with van der Waals surface area (Å²) in [5.41, 5.74) is 3.12. The van der Waals surface area contributed by atoms with Gasteiger partial charge in [-0.1, -0.05) is 38.1 Å². The number of amides is 1. The number of carbonyl (C=O) groups is 1. The molecule has 5 heteroatoms. The second kappa shape index (κ2) is 9.83. The summed E-state index contributed by atoms with van der Waals surface area (Å²) < 4.78 is 16.1. The average Bonchev–Trinajstić information content (AvgIpc) is 2.71. The Balaban J connectivity index is 2.09. The molecule has 0 bridgehead atoms. The van der Waals surface area contributed by atoms with Crippen LogP contribution in [0.2, 0.25) is 0 Å². The molecule has 150 valence electrons. The quantitative estimate of drug-likeness (QED) is 0.670. The minimum Gasteiger partial charge on any atom is -0.493 e. The van der Waals surface area contributed by atoms with Crippen molar-refractivity contribution < 1.29 is 19.0 Å². The fraction of sp³-hybridized carbons (Fsp3) is 0.348. The first-order chi connectivity index (χ1) is 13.4. The maximum Gasteiger partial charge on any atom is 0.244 e. The molecule has 0 fully saturated rings. The number of hydrogen-bond donors (Lipinski definition) is 1. The summed E-state index contributed by atoms with van der Waals surface area (Å²) in [6.45, 7) is 6.22. The fourth-order valence-electron chi connectivity index (χ4n) is 2.86. The highest BCUT2D eigenvalue weighted by Crippen LogP contribution is 2.39. The van der Waals surface area contributed by atoms with Gasteiger partial charge in [-0.05, 0) is 47.7 Å². The van der Waals surface area contributed by atoms with E-state index in [0.29, 0.717) is 23.2 Å². The predicted octanol–water partition coefficient (Wildman–Crippen LogP) is 4.73. The molecule has 5 nitrogen and oxygen atoms in total. The van der Waals surface area contributed by atoms with Crippen molar-refractivity contribution in [2.45, 2.75) is 32.7 Å².